The molecule has 0 saturated carbocycles. The summed E-state index contributed by atoms with van der Waals surface area (Å²) in [4.78, 5) is 8.12. The number of aliphatic imine (C=N–C) groups is 1. The van der Waals surface area contributed by atoms with Gasteiger partial charge in [0, 0.05) is 29.4 Å². The number of hydrogen-bond acceptors (Lipinski definition) is 1. The van der Waals surface area contributed by atoms with Crippen molar-refractivity contribution in [2.24, 2.45) is 4.99 Å². The second kappa shape index (κ2) is 9.65. The van der Waals surface area contributed by atoms with Gasteiger partial charge in [0.2, 0.25) is 0 Å². The van der Waals surface area contributed by atoms with Crippen molar-refractivity contribution >= 4 is 16.6 Å². The topological polar surface area (TPSA) is 28.1 Å². The van der Waals surface area contributed by atoms with E-state index in [1.54, 1.807) is 12.1 Å². The summed E-state index contributed by atoms with van der Waals surface area (Å²) < 4.78 is 38.3. The molecule has 0 aliphatic carbocycles. The van der Waals surface area contributed by atoms with Crippen LogP contribution in [0.15, 0.2) is 77.9 Å². The van der Waals surface area contributed by atoms with Crippen LogP contribution in [0, 0.1) is 0 Å². The molecule has 1 N–H and O–H groups in total. The average molecular weight is 449 g/mol. The zero-order valence-corrected chi connectivity index (χ0v) is 18.8. The number of alkyl halides is 3. The molecule has 0 saturated heterocycles. The van der Waals surface area contributed by atoms with E-state index in [2.05, 4.69) is 42.4 Å². The second-order valence-electron chi connectivity index (χ2n) is 8.34. The number of rotatable bonds is 7. The molecular weight excluding hydrogens is 421 g/mol. The summed E-state index contributed by atoms with van der Waals surface area (Å²) in [5.41, 5.74) is 7.01. The summed E-state index contributed by atoms with van der Waals surface area (Å²) in [6.45, 7) is 4.85. The van der Waals surface area contributed by atoms with Crippen LogP contribution in [0.4, 0.5) is 13.2 Å². The van der Waals surface area contributed by atoms with E-state index in [4.69, 9.17) is 4.99 Å². The molecule has 170 valence electrons. The Bertz CT molecular complexity index is 1260. The van der Waals surface area contributed by atoms with Crippen LogP contribution in [0.25, 0.3) is 10.9 Å². The molecule has 33 heavy (non-hydrogen) atoms. The Morgan fingerprint density at radius 3 is 2.39 bits per heavy atom. The fourth-order valence-corrected chi connectivity index (χ4v) is 4.04. The molecule has 4 aromatic rings. The van der Waals surface area contributed by atoms with Crippen LogP contribution in [-0.2, 0) is 25.4 Å². The van der Waals surface area contributed by atoms with Gasteiger partial charge in [0.05, 0.1) is 5.56 Å². The lowest BCUT2D eigenvalue weighted by atomic mass is 10.0. The van der Waals surface area contributed by atoms with E-state index < -0.39 is 11.7 Å². The van der Waals surface area contributed by atoms with Crippen LogP contribution < -0.4 is 0 Å². The van der Waals surface area contributed by atoms with Gasteiger partial charge < -0.3 is 4.98 Å². The fraction of sp³-hybridized carbons (Fsp3) is 0.250. The summed E-state index contributed by atoms with van der Waals surface area (Å²) in [5, 5.41) is 1.26. The zero-order valence-electron chi connectivity index (χ0n) is 18.8. The molecule has 0 spiro atoms. The van der Waals surface area contributed by atoms with Gasteiger partial charge in [-0.3, -0.25) is 4.99 Å². The van der Waals surface area contributed by atoms with Gasteiger partial charge in [0.25, 0.3) is 0 Å². The Morgan fingerprint density at radius 2 is 1.67 bits per heavy atom. The molecule has 2 nitrogen and oxygen atoms in total. The minimum absolute atomic E-state index is 0.578. The first kappa shape index (κ1) is 22.8. The predicted octanol–water partition coefficient (Wildman–Crippen LogP) is 7.39. The minimum Gasteiger partial charge on any atom is -0.361 e. The second-order valence-corrected chi connectivity index (χ2v) is 8.34. The van der Waals surface area contributed by atoms with E-state index in [0.29, 0.717) is 13.0 Å². The van der Waals surface area contributed by atoms with Crippen LogP contribution in [0.2, 0.25) is 0 Å². The third-order valence-corrected chi connectivity index (χ3v) is 6.00. The number of aromatic amines is 1. The van der Waals surface area contributed by atoms with Crippen LogP contribution in [0.3, 0.4) is 0 Å². The van der Waals surface area contributed by atoms with Gasteiger partial charge in [-0.25, -0.2) is 0 Å². The molecular formula is C28H27F3N2. The summed E-state index contributed by atoms with van der Waals surface area (Å²) in [6, 6.07) is 20.0. The van der Waals surface area contributed by atoms with E-state index in [1.807, 2.05) is 25.1 Å². The lowest BCUT2D eigenvalue weighted by Crippen LogP contribution is -2.04. The summed E-state index contributed by atoms with van der Waals surface area (Å²) in [5.74, 6) is 0. The normalized spacial score (nSPS) is 12.5. The van der Waals surface area contributed by atoms with Crippen molar-refractivity contribution in [2.45, 2.75) is 39.3 Å². The highest BCUT2D eigenvalue weighted by atomic mass is 19.4. The highest BCUT2D eigenvalue weighted by Gasteiger charge is 2.29. The molecule has 3 aromatic carbocycles. The van der Waals surface area contributed by atoms with E-state index in [-0.39, 0.29) is 0 Å². The first-order valence-corrected chi connectivity index (χ1v) is 11.2. The largest absolute Gasteiger partial charge is 0.416 e. The SMILES string of the molecule is CCc1ccc2[nH]cc(CCN=C(C)c3cccc(Cc4ccc(C(F)(F)F)cc4)c3)c2c1. The number of nitrogens with one attached hydrogen (secondary N) is 1. The van der Waals surface area contributed by atoms with E-state index >= 15 is 0 Å². The molecule has 0 unspecified atom stereocenters. The number of hydrogen-bond donors (Lipinski definition) is 1. The van der Waals surface area contributed by atoms with Crippen LogP contribution in [-0.4, -0.2) is 17.2 Å². The van der Waals surface area contributed by atoms with Crippen molar-refractivity contribution in [1.29, 1.82) is 0 Å². The smallest absolute Gasteiger partial charge is 0.361 e. The number of halogens is 3. The minimum atomic E-state index is -4.31. The standard InChI is InChI=1S/C28H27F3N2/c1-3-20-9-12-27-26(17-20)24(18-33-27)13-14-32-19(2)23-6-4-5-22(16-23)15-21-7-10-25(11-8-21)28(29,30)31/h4-12,16-18,33H,3,13-15H2,1-2H3. The van der Waals surface area contributed by atoms with Crippen LogP contribution in [0.1, 0.15) is 47.2 Å². The maximum atomic E-state index is 12.8. The summed E-state index contributed by atoms with van der Waals surface area (Å²) in [7, 11) is 0. The monoisotopic (exact) mass is 448 g/mol. The van der Waals surface area contributed by atoms with Crippen molar-refractivity contribution in [3.63, 3.8) is 0 Å². The molecule has 0 radical (unpaired) electrons. The lowest BCUT2D eigenvalue weighted by molar-refractivity contribution is -0.137. The molecule has 0 aliphatic heterocycles. The van der Waals surface area contributed by atoms with Gasteiger partial charge in [-0.1, -0.05) is 43.3 Å². The maximum Gasteiger partial charge on any atom is 0.416 e. The fourth-order valence-electron chi connectivity index (χ4n) is 4.04. The van der Waals surface area contributed by atoms with Crippen molar-refractivity contribution < 1.29 is 13.2 Å². The lowest BCUT2D eigenvalue weighted by Gasteiger charge is -2.09. The maximum absolute atomic E-state index is 12.8. The van der Waals surface area contributed by atoms with E-state index in [9.17, 15) is 13.2 Å². The van der Waals surface area contributed by atoms with E-state index in [0.717, 1.165) is 52.9 Å². The molecule has 0 fully saturated rings. The zero-order chi connectivity index (χ0) is 23.4. The summed E-state index contributed by atoms with van der Waals surface area (Å²) in [6.07, 6.45) is 0.210. The molecule has 5 heteroatoms. The Balaban J connectivity index is 1.42. The molecule has 4 rings (SSSR count). The van der Waals surface area contributed by atoms with Gasteiger partial charge in [-0.15, -0.1) is 0 Å². The van der Waals surface area contributed by atoms with E-state index in [1.165, 1.54) is 16.5 Å². The third-order valence-electron chi connectivity index (χ3n) is 6.00. The van der Waals surface area contributed by atoms with Crippen molar-refractivity contribution in [3.05, 3.63) is 106 Å². The number of fused-ring (bicyclic) bond motifs is 1. The van der Waals surface area contributed by atoms with Gasteiger partial charge in [-0.2, -0.15) is 13.2 Å². The first-order chi connectivity index (χ1) is 15.8. The van der Waals surface area contributed by atoms with Gasteiger partial charge in [0.1, 0.15) is 0 Å². The highest BCUT2D eigenvalue weighted by Crippen LogP contribution is 2.29. The van der Waals surface area contributed by atoms with Gasteiger partial charge in [-0.05, 0) is 84.3 Å². The Kier molecular flexibility index (Phi) is 6.68. The number of H-pyrrole nitrogens is 1. The molecule has 1 aromatic heterocycles. The third kappa shape index (κ3) is 5.54. The van der Waals surface area contributed by atoms with Gasteiger partial charge in [0.15, 0.2) is 0 Å². The van der Waals surface area contributed by atoms with Gasteiger partial charge >= 0.3 is 6.18 Å². The molecule has 0 aliphatic rings. The van der Waals surface area contributed by atoms with Crippen molar-refractivity contribution in [1.82, 2.24) is 4.98 Å². The highest BCUT2D eigenvalue weighted by molar-refractivity contribution is 5.98. The molecule has 0 bridgehead atoms. The number of benzene rings is 3. The predicted molar refractivity (Wildman–Crippen MR) is 129 cm³/mol. The quantitative estimate of drug-likeness (QED) is 0.286. The number of aryl methyl sites for hydroxylation is 1. The van der Waals surface area contributed by atoms with Crippen LogP contribution >= 0.6 is 0 Å². The van der Waals surface area contributed by atoms with Crippen LogP contribution in [0.5, 0.6) is 0 Å². The molecule has 0 amide bonds. The Morgan fingerprint density at radius 1 is 0.909 bits per heavy atom. The summed E-state index contributed by atoms with van der Waals surface area (Å²) >= 11 is 0. The number of aromatic nitrogens is 1. The Labute approximate surface area is 192 Å². The van der Waals surface area contributed by atoms with Crippen molar-refractivity contribution in [2.75, 3.05) is 6.54 Å². The average Bonchev–Trinajstić information content (AvgIpc) is 3.21. The molecule has 0 atom stereocenters. The Hall–Kier alpha value is -3.34. The molecule has 1 heterocycles. The first-order valence-electron chi connectivity index (χ1n) is 11.2. The van der Waals surface area contributed by atoms with Crippen molar-refractivity contribution in [3.8, 4) is 0 Å². The number of nitrogens with zero attached hydrogens (tertiary/aromatic N) is 1.